The lowest BCUT2D eigenvalue weighted by Crippen LogP contribution is -2.33. The van der Waals surface area contributed by atoms with Gasteiger partial charge in [-0.1, -0.05) is 13.8 Å². The molecule has 1 atom stereocenters. The maximum absolute atomic E-state index is 12.0. The molecule has 1 amide bonds. The largest absolute Gasteiger partial charge is 0.481 e. The van der Waals surface area contributed by atoms with Crippen molar-refractivity contribution in [1.82, 2.24) is 15.1 Å². The average molecular weight is 267 g/mol. The normalized spacial score (nSPS) is 12.2. The summed E-state index contributed by atoms with van der Waals surface area (Å²) in [6.45, 7) is 6.42. The van der Waals surface area contributed by atoms with Gasteiger partial charge in [-0.2, -0.15) is 5.10 Å². The quantitative estimate of drug-likeness (QED) is 0.780. The van der Waals surface area contributed by atoms with Crippen LogP contribution in [0.15, 0.2) is 6.07 Å². The summed E-state index contributed by atoms with van der Waals surface area (Å²) in [6, 6.07) is 1.75. The molecule has 0 saturated heterocycles. The Bertz CT molecular complexity index is 454. The molecule has 19 heavy (non-hydrogen) atoms. The van der Waals surface area contributed by atoms with Gasteiger partial charge < -0.3 is 10.4 Å². The number of aromatic nitrogens is 2. The summed E-state index contributed by atoms with van der Waals surface area (Å²) in [6.07, 6.45) is 1.25. The smallest absolute Gasteiger partial charge is 0.308 e. The minimum atomic E-state index is -0.888. The van der Waals surface area contributed by atoms with Crippen LogP contribution in [0.4, 0.5) is 0 Å². The zero-order valence-electron chi connectivity index (χ0n) is 11.6. The Morgan fingerprint density at radius 3 is 2.58 bits per heavy atom. The van der Waals surface area contributed by atoms with Gasteiger partial charge in [0.25, 0.3) is 5.91 Å². The number of carbonyl (C=O) groups excluding carboxylic acids is 1. The van der Waals surface area contributed by atoms with Crippen molar-refractivity contribution in [3.05, 3.63) is 17.5 Å². The van der Waals surface area contributed by atoms with Gasteiger partial charge in [-0.3, -0.25) is 14.3 Å². The van der Waals surface area contributed by atoms with E-state index in [1.807, 2.05) is 13.8 Å². The van der Waals surface area contributed by atoms with Gasteiger partial charge in [-0.05, 0) is 25.8 Å². The Morgan fingerprint density at radius 2 is 2.11 bits per heavy atom. The first-order valence-electron chi connectivity index (χ1n) is 6.61. The number of rotatable bonds is 7. The zero-order chi connectivity index (χ0) is 14.4. The summed E-state index contributed by atoms with van der Waals surface area (Å²) in [7, 11) is 0. The fraction of sp³-hybridized carbons (Fsp3) is 0.615. The molecule has 0 aliphatic carbocycles. The Balaban J connectivity index is 2.72. The van der Waals surface area contributed by atoms with Crippen LogP contribution in [0.2, 0.25) is 0 Å². The fourth-order valence-electron chi connectivity index (χ4n) is 1.78. The third kappa shape index (κ3) is 3.81. The third-order valence-electron chi connectivity index (χ3n) is 3.08. The third-order valence-corrected chi connectivity index (χ3v) is 3.08. The molecular formula is C13H21N3O3. The second kappa shape index (κ2) is 6.92. The number of hydrogen-bond acceptors (Lipinski definition) is 3. The molecule has 0 aliphatic rings. The molecule has 6 heteroatoms. The van der Waals surface area contributed by atoms with E-state index in [0.29, 0.717) is 18.7 Å². The van der Waals surface area contributed by atoms with Gasteiger partial charge >= 0.3 is 5.97 Å². The Labute approximate surface area is 112 Å². The van der Waals surface area contributed by atoms with Crippen molar-refractivity contribution < 1.29 is 14.7 Å². The lowest BCUT2D eigenvalue weighted by Gasteiger charge is -2.11. The highest BCUT2D eigenvalue weighted by atomic mass is 16.4. The number of amides is 1. The highest BCUT2D eigenvalue weighted by Crippen LogP contribution is 2.07. The molecule has 0 saturated carbocycles. The molecule has 1 unspecified atom stereocenters. The van der Waals surface area contributed by atoms with Crippen molar-refractivity contribution in [2.45, 2.75) is 40.2 Å². The van der Waals surface area contributed by atoms with E-state index in [0.717, 1.165) is 12.1 Å². The van der Waals surface area contributed by atoms with Crippen LogP contribution in [-0.2, 0) is 17.8 Å². The standard InChI is InChI=1S/C13H21N3O3/c1-4-9(13(18)19)8-14-12(17)11-7-10(5-2)15-16(11)6-3/h7,9H,4-6,8H2,1-3H3,(H,14,17)(H,18,19). The Kier molecular flexibility index (Phi) is 5.54. The Hall–Kier alpha value is -1.85. The molecule has 0 spiro atoms. The molecule has 106 valence electrons. The number of aliphatic carboxylic acids is 1. The van der Waals surface area contributed by atoms with E-state index >= 15 is 0 Å². The molecule has 0 radical (unpaired) electrons. The molecule has 0 aliphatic heterocycles. The van der Waals surface area contributed by atoms with E-state index in [1.54, 1.807) is 17.7 Å². The first-order valence-corrected chi connectivity index (χ1v) is 6.61. The van der Waals surface area contributed by atoms with E-state index in [4.69, 9.17) is 5.11 Å². The topological polar surface area (TPSA) is 84.2 Å². The molecule has 0 bridgehead atoms. The lowest BCUT2D eigenvalue weighted by molar-refractivity contribution is -0.141. The zero-order valence-corrected chi connectivity index (χ0v) is 11.6. The number of nitrogens with zero attached hydrogens (tertiary/aromatic N) is 2. The van der Waals surface area contributed by atoms with Crippen LogP contribution in [0.1, 0.15) is 43.4 Å². The van der Waals surface area contributed by atoms with Crippen molar-refractivity contribution in [3.8, 4) is 0 Å². The molecule has 1 aromatic rings. The molecule has 2 N–H and O–H groups in total. The van der Waals surface area contributed by atoms with Crippen LogP contribution in [0, 0.1) is 5.92 Å². The summed E-state index contributed by atoms with van der Waals surface area (Å²) in [5.41, 5.74) is 1.34. The van der Waals surface area contributed by atoms with Gasteiger partial charge in [-0.25, -0.2) is 0 Å². The van der Waals surface area contributed by atoms with Crippen LogP contribution in [0.25, 0.3) is 0 Å². The van der Waals surface area contributed by atoms with Crippen molar-refractivity contribution in [2.24, 2.45) is 5.92 Å². The number of carboxylic acid groups (broad SMARTS) is 1. The van der Waals surface area contributed by atoms with Crippen molar-refractivity contribution in [3.63, 3.8) is 0 Å². The summed E-state index contributed by atoms with van der Waals surface area (Å²) >= 11 is 0. The van der Waals surface area contributed by atoms with Crippen LogP contribution >= 0.6 is 0 Å². The molecule has 1 rings (SSSR count). The summed E-state index contributed by atoms with van der Waals surface area (Å²) < 4.78 is 1.63. The van der Waals surface area contributed by atoms with E-state index in [1.165, 1.54) is 0 Å². The van der Waals surface area contributed by atoms with Crippen LogP contribution in [-0.4, -0.2) is 33.3 Å². The number of carbonyl (C=O) groups is 2. The number of hydrogen-bond donors (Lipinski definition) is 2. The second-order valence-electron chi connectivity index (χ2n) is 4.34. The Morgan fingerprint density at radius 1 is 1.42 bits per heavy atom. The highest BCUT2D eigenvalue weighted by Gasteiger charge is 2.18. The van der Waals surface area contributed by atoms with Gasteiger partial charge in [0.15, 0.2) is 0 Å². The monoisotopic (exact) mass is 267 g/mol. The molecule has 6 nitrogen and oxygen atoms in total. The summed E-state index contributed by atoms with van der Waals surface area (Å²) in [4.78, 5) is 22.9. The minimum Gasteiger partial charge on any atom is -0.481 e. The van der Waals surface area contributed by atoms with E-state index < -0.39 is 11.9 Å². The van der Waals surface area contributed by atoms with Crippen LogP contribution < -0.4 is 5.32 Å². The predicted molar refractivity (Wildman–Crippen MR) is 71.0 cm³/mol. The van der Waals surface area contributed by atoms with Crippen LogP contribution in [0.3, 0.4) is 0 Å². The van der Waals surface area contributed by atoms with Crippen LogP contribution in [0.5, 0.6) is 0 Å². The van der Waals surface area contributed by atoms with Gasteiger partial charge in [-0.15, -0.1) is 0 Å². The number of carboxylic acids is 1. The summed E-state index contributed by atoms with van der Waals surface area (Å²) in [5.74, 6) is -1.71. The van der Waals surface area contributed by atoms with Gasteiger partial charge in [0, 0.05) is 13.1 Å². The lowest BCUT2D eigenvalue weighted by atomic mass is 10.1. The van der Waals surface area contributed by atoms with Gasteiger partial charge in [0.2, 0.25) is 0 Å². The fourth-order valence-corrected chi connectivity index (χ4v) is 1.78. The predicted octanol–water partition coefficient (Wildman–Crippen LogP) is 1.31. The maximum atomic E-state index is 12.0. The maximum Gasteiger partial charge on any atom is 0.308 e. The number of nitrogens with one attached hydrogen (secondary N) is 1. The first kappa shape index (κ1) is 15.2. The number of aryl methyl sites for hydroxylation is 2. The van der Waals surface area contributed by atoms with Crippen molar-refractivity contribution in [2.75, 3.05) is 6.54 Å². The van der Waals surface area contributed by atoms with Gasteiger partial charge in [0.05, 0.1) is 11.6 Å². The SMILES string of the molecule is CCc1cc(C(=O)NCC(CC)C(=O)O)n(CC)n1. The van der Waals surface area contributed by atoms with Gasteiger partial charge in [0.1, 0.15) is 5.69 Å². The minimum absolute atomic E-state index is 0.140. The van der Waals surface area contributed by atoms with E-state index in [2.05, 4.69) is 10.4 Å². The molecule has 0 fully saturated rings. The molecule has 1 aromatic heterocycles. The second-order valence-corrected chi connectivity index (χ2v) is 4.34. The highest BCUT2D eigenvalue weighted by molar-refractivity contribution is 5.92. The summed E-state index contributed by atoms with van der Waals surface area (Å²) in [5, 5.41) is 15.9. The van der Waals surface area contributed by atoms with Crippen molar-refractivity contribution in [1.29, 1.82) is 0 Å². The molecular weight excluding hydrogens is 246 g/mol. The first-order chi connectivity index (χ1) is 9.03. The van der Waals surface area contributed by atoms with E-state index in [-0.39, 0.29) is 12.5 Å². The average Bonchev–Trinajstić information content (AvgIpc) is 2.82. The molecule has 1 heterocycles. The van der Waals surface area contributed by atoms with Crippen molar-refractivity contribution >= 4 is 11.9 Å². The molecule has 0 aromatic carbocycles. The van der Waals surface area contributed by atoms with E-state index in [9.17, 15) is 9.59 Å².